The minimum absolute atomic E-state index is 0.0123. The second kappa shape index (κ2) is 14.5. The lowest BCUT2D eigenvalue weighted by Gasteiger charge is -2.25. The van der Waals surface area contributed by atoms with Gasteiger partial charge < -0.3 is 19.1 Å². The van der Waals surface area contributed by atoms with Gasteiger partial charge in [-0.3, -0.25) is 23.7 Å². The first-order valence-electron chi connectivity index (χ1n) is 14.0. The molecule has 45 heavy (non-hydrogen) atoms. The summed E-state index contributed by atoms with van der Waals surface area (Å²) >= 11 is 3.11. The van der Waals surface area contributed by atoms with Gasteiger partial charge in [-0.1, -0.05) is 82.7 Å². The third-order valence-electron chi connectivity index (χ3n) is 7.06. The molecule has 5 rings (SSSR count). The lowest BCUT2D eigenvalue weighted by atomic mass is 10.1. The predicted octanol–water partition coefficient (Wildman–Crippen LogP) is 4.63. The van der Waals surface area contributed by atoms with Gasteiger partial charge in [0.15, 0.2) is 0 Å². The zero-order valence-electron chi connectivity index (χ0n) is 24.1. The van der Waals surface area contributed by atoms with Gasteiger partial charge >= 0.3 is 19.4 Å². The second-order valence-electron chi connectivity index (χ2n) is 10.3. The van der Waals surface area contributed by atoms with Crippen LogP contribution in [0.4, 0.5) is 0 Å². The normalized spacial score (nSPS) is 20.2. The highest BCUT2D eigenvalue weighted by Gasteiger charge is 2.40. The number of ether oxygens (including phenoxy) is 2. The summed E-state index contributed by atoms with van der Waals surface area (Å²) < 4.78 is 38.4. The lowest BCUT2D eigenvalue weighted by Crippen LogP contribution is -2.36. The largest absolute Gasteiger partial charge is 0.460 e. The summed E-state index contributed by atoms with van der Waals surface area (Å²) in [7, 11) is -4.33. The van der Waals surface area contributed by atoms with Gasteiger partial charge in [-0.25, -0.2) is 9.36 Å². The van der Waals surface area contributed by atoms with Crippen molar-refractivity contribution in [3.63, 3.8) is 0 Å². The summed E-state index contributed by atoms with van der Waals surface area (Å²) in [5.41, 5.74) is -0.336. The molecular weight excluding hydrogens is 669 g/mol. The Labute approximate surface area is 266 Å². The van der Waals surface area contributed by atoms with Crippen molar-refractivity contribution in [1.82, 2.24) is 14.6 Å². The van der Waals surface area contributed by atoms with Crippen LogP contribution in [0.3, 0.4) is 0 Å². The Hall–Kier alpha value is -3.84. The summed E-state index contributed by atoms with van der Waals surface area (Å²) in [6, 6.07) is 20.5. The van der Waals surface area contributed by atoms with Crippen LogP contribution in [0.5, 0.6) is 5.75 Å². The third-order valence-corrected chi connectivity index (χ3v) is 8.95. The zero-order chi connectivity index (χ0) is 32.0. The molecule has 3 aromatic carbocycles. The number of aliphatic hydroxyl groups is 1. The van der Waals surface area contributed by atoms with Gasteiger partial charge in [0.05, 0.1) is 18.3 Å². The number of fused-ring (bicyclic) bond motifs is 1. The highest BCUT2D eigenvalue weighted by atomic mass is 79.9. The van der Waals surface area contributed by atoms with Crippen molar-refractivity contribution in [2.45, 2.75) is 44.4 Å². The van der Waals surface area contributed by atoms with Gasteiger partial charge in [-0.15, -0.1) is 0 Å². The van der Waals surface area contributed by atoms with Gasteiger partial charge in [-0.2, -0.15) is 5.09 Å². The monoisotopic (exact) mass is 699 g/mol. The van der Waals surface area contributed by atoms with Crippen molar-refractivity contribution in [1.29, 1.82) is 0 Å². The fraction of sp³-hybridized carbons (Fsp3) is 0.258. The van der Waals surface area contributed by atoms with Gasteiger partial charge in [0.2, 0.25) is 0 Å². The summed E-state index contributed by atoms with van der Waals surface area (Å²) in [5.74, 6) is -0.445. The van der Waals surface area contributed by atoms with E-state index < -0.39 is 56.0 Å². The molecule has 1 saturated heterocycles. The maximum absolute atomic E-state index is 14.2. The SMILES string of the molecule is C[C@@H](N[P@@](=O)(OC[C@H]1O[C@@H](n2cc(/C=C/Br)c(=O)[nH]c2=O)C[C@@H]1O)Oc1cccc2ccccc12)C(=O)OCc1ccccc1. The Morgan fingerprint density at radius 3 is 2.67 bits per heavy atom. The minimum atomic E-state index is -4.33. The van der Waals surface area contributed by atoms with Crippen molar-refractivity contribution in [2.75, 3.05) is 6.61 Å². The third kappa shape index (κ3) is 8.06. The van der Waals surface area contributed by atoms with Crippen LogP contribution in [0.2, 0.25) is 0 Å². The van der Waals surface area contributed by atoms with E-state index >= 15 is 0 Å². The molecule has 0 saturated carbocycles. The number of H-pyrrole nitrogens is 1. The molecule has 1 aliphatic rings. The average molecular weight is 700 g/mol. The number of aromatic amines is 1. The van der Waals surface area contributed by atoms with Crippen molar-refractivity contribution in [2.24, 2.45) is 0 Å². The molecule has 5 atom stereocenters. The summed E-state index contributed by atoms with van der Waals surface area (Å²) in [5, 5.41) is 14.9. The molecule has 1 fully saturated rings. The van der Waals surface area contributed by atoms with Crippen LogP contribution < -0.4 is 20.9 Å². The standard InChI is InChI=1S/C31H31BrN3O9P/c1-20(30(38)41-18-21-8-3-2-4-9-21)34-45(40,44-26-13-7-11-22-10-5-6-12-24(22)26)42-19-27-25(36)16-28(43-27)35-17-23(14-15-32)29(37)33-31(35)39/h2-15,17,20,25,27-28,36H,16,18-19H2,1H3,(H,34,40)(H,33,37,39)/b15-14+/t20-,25+,27-,28-,45-/m1/s1. The van der Waals surface area contributed by atoms with Crippen molar-refractivity contribution >= 4 is 46.5 Å². The highest BCUT2D eigenvalue weighted by Crippen LogP contribution is 2.47. The van der Waals surface area contributed by atoms with Crippen LogP contribution in [-0.4, -0.2) is 45.5 Å². The fourth-order valence-corrected chi connectivity index (χ4v) is 6.55. The molecule has 12 nitrogen and oxygen atoms in total. The molecule has 0 bridgehead atoms. The molecule has 236 valence electrons. The second-order valence-corrected chi connectivity index (χ2v) is 12.5. The number of rotatable bonds is 12. The van der Waals surface area contributed by atoms with E-state index in [0.717, 1.165) is 15.5 Å². The van der Waals surface area contributed by atoms with E-state index in [-0.39, 0.29) is 24.3 Å². The smallest absolute Gasteiger partial charge is 0.459 e. The van der Waals surface area contributed by atoms with E-state index in [0.29, 0.717) is 5.39 Å². The summed E-state index contributed by atoms with van der Waals surface area (Å²) in [6.45, 7) is 1.06. The maximum atomic E-state index is 14.2. The predicted molar refractivity (Wildman–Crippen MR) is 171 cm³/mol. The topological polar surface area (TPSA) is 158 Å². The van der Waals surface area contributed by atoms with Crippen LogP contribution in [0.1, 0.15) is 30.7 Å². The summed E-state index contributed by atoms with van der Waals surface area (Å²) in [6.07, 6.45) is -0.336. The van der Waals surface area contributed by atoms with E-state index in [1.807, 2.05) is 48.5 Å². The van der Waals surface area contributed by atoms with Gasteiger partial charge in [0, 0.05) is 18.0 Å². The van der Waals surface area contributed by atoms with Gasteiger partial charge in [-0.05, 0) is 35.0 Å². The Morgan fingerprint density at radius 1 is 1.16 bits per heavy atom. The van der Waals surface area contributed by atoms with Crippen LogP contribution in [0.25, 0.3) is 16.8 Å². The van der Waals surface area contributed by atoms with E-state index in [9.17, 15) is 24.1 Å². The number of esters is 1. The molecule has 0 radical (unpaired) electrons. The molecule has 0 unspecified atom stereocenters. The van der Waals surface area contributed by atoms with E-state index in [1.54, 1.807) is 24.3 Å². The van der Waals surface area contributed by atoms with Crippen LogP contribution in [0, 0.1) is 0 Å². The van der Waals surface area contributed by atoms with E-state index in [4.69, 9.17) is 18.5 Å². The van der Waals surface area contributed by atoms with Gasteiger partial charge in [0.25, 0.3) is 5.56 Å². The zero-order valence-corrected chi connectivity index (χ0v) is 26.6. The molecule has 14 heteroatoms. The number of nitrogens with one attached hydrogen (secondary N) is 2. The number of benzene rings is 3. The number of aliphatic hydroxyl groups excluding tert-OH is 1. The van der Waals surface area contributed by atoms with E-state index in [2.05, 4.69) is 26.0 Å². The Balaban J connectivity index is 1.33. The lowest BCUT2D eigenvalue weighted by molar-refractivity contribution is -0.146. The molecule has 1 aromatic heterocycles. The number of nitrogens with zero attached hydrogens (tertiary/aromatic N) is 1. The van der Waals surface area contributed by atoms with Crippen molar-refractivity contribution in [3.05, 3.63) is 116 Å². The fourth-order valence-electron chi connectivity index (χ4n) is 4.75. The first-order chi connectivity index (χ1) is 21.7. The number of halogens is 1. The average Bonchev–Trinajstić information content (AvgIpc) is 3.40. The van der Waals surface area contributed by atoms with Crippen LogP contribution >= 0.6 is 23.7 Å². The maximum Gasteiger partial charge on any atom is 0.459 e. The van der Waals surface area contributed by atoms with Crippen molar-refractivity contribution < 1.29 is 33.0 Å². The Kier molecular flexibility index (Phi) is 10.5. The highest BCUT2D eigenvalue weighted by molar-refractivity contribution is 9.11. The first kappa shape index (κ1) is 32.6. The molecule has 0 amide bonds. The number of carbonyl (C=O) groups is 1. The first-order valence-corrected chi connectivity index (χ1v) is 16.5. The molecule has 0 aliphatic carbocycles. The number of carbonyl (C=O) groups excluding carboxylic acids is 1. The van der Waals surface area contributed by atoms with Crippen molar-refractivity contribution in [3.8, 4) is 5.75 Å². The summed E-state index contributed by atoms with van der Waals surface area (Å²) in [4.78, 5) is 41.1. The molecule has 2 heterocycles. The molecule has 3 N–H and O–H groups in total. The van der Waals surface area contributed by atoms with E-state index in [1.165, 1.54) is 24.2 Å². The van der Waals surface area contributed by atoms with Crippen LogP contribution in [-0.2, 0) is 30.0 Å². The molecular formula is C31H31BrN3O9P. The molecule has 1 aliphatic heterocycles. The Morgan fingerprint density at radius 2 is 1.89 bits per heavy atom. The minimum Gasteiger partial charge on any atom is -0.460 e. The van der Waals surface area contributed by atoms with Gasteiger partial charge in [0.1, 0.15) is 30.7 Å². The number of hydrogen-bond acceptors (Lipinski definition) is 9. The van der Waals surface area contributed by atoms with Crippen LogP contribution in [0.15, 0.2) is 93.6 Å². The number of aromatic nitrogens is 2. The quantitative estimate of drug-likeness (QED) is 0.141. The Bertz CT molecular complexity index is 1840. The molecule has 4 aromatic rings. The number of hydrogen-bond donors (Lipinski definition) is 3. The molecule has 0 spiro atoms.